The summed E-state index contributed by atoms with van der Waals surface area (Å²) >= 11 is 5.72. The van der Waals surface area contributed by atoms with Gasteiger partial charge in [-0.1, -0.05) is 103 Å². The van der Waals surface area contributed by atoms with Gasteiger partial charge in [0.25, 0.3) is 0 Å². The fraction of sp³-hybridized carbons (Fsp3) is 0.300. The van der Waals surface area contributed by atoms with Gasteiger partial charge in [-0.15, -0.1) is 0 Å². The minimum atomic E-state index is -0.605. The van der Waals surface area contributed by atoms with Crippen LogP contribution in [-0.2, 0) is 28.9 Å². The number of nitrogens with one attached hydrogen (secondary N) is 3. The molecule has 0 saturated heterocycles. The summed E-state index contributed by atoms with van der Waals surface area (Å²) in [6, 6.07) is 29.6. The van der Waals surface area contributed by atoms with E-state index in [1.54, 1.807) is 5.48 Å². The van der Waals surface area contributed by atoms with Crippen LogP contribution in [0.4, 0.5) is 0 Å². The van der Waals surface area contributed by atoms with E-state index in [0.717, 1.165) is 24.0 Å². The van der Waals surface area contributed by atoms with E-state index in [4.69, 9.17) is 17.4 Å². The minimum Gasteiger partial charge on any atom is -0.378 e. The number of carbonyl (C=O) groups excluding carboxylic acids is 2. The normalized spacial score (nSPS) is 12.2. The first-order valence-electron chi connectivity index (χ1n) is 12.7. The van der Waals surface area contributed by atoms with Crippen LogP contribution in [-0.4, -0.2) is 34.6 Å². The van der Waals surface area contributed by atoms with E-state index < -0.39 is 17.9 Å². The summed E-state index contributed by atoms with van der Waals surface area (Å²) in [5.41, 5.74) is 5.06. The predicted octanol–water partition coefficient (Wildman–Crippen LogP) is 4.41. The number of hydrogen-bond donors (Lipinski definition) is 4. The largest absolute Gasteiger partial charge is 0.378 e. The van der Waals surface area contributed by atoms with Crippen LogP contribution in [0.1, 0.15) is 36.0 Å². The number of thiocarbonyl (C=S) groups is 1. The average Bonchev–Trinajstić information content (AvgIpc) is 2.94. The van der Waals surface area contributed by atoms with Gasteiger partial charge in [0.15, 0.2) is 0 Å². The maximum absolute atomic E-state index is 13.4. The van der Waals surface area contributed by atoms with Crippen molar-refractivity contribution in [2.75, 3.05) is 6.54 Å². The molecule has 4 N–H and O–H groups in total. The number of hydrogen-bond acceptors (Lipinski definition) is 4. The topological polar surface area (TPSA) is 90.5 Å². The Morgan fingerprint density at radius 3 is 1.89 bits per heavy atom. The van der Waals surface area contributed by atoms with E-state index in [2.05, 4.69) is 22.8 Å². The molecule has 0 spiro atoms. The van der Waals surface area contributed by atoms with E-state index in [1.165, 1.54) is 5.56 Å². The Labute approximate surface area is 224 Å². The van der Waals surface area contributed by atoms with Crippen molar-refractivity contribution in [2.24, 2.45) is 5.92 Å². The molecule has 3 aromatic rings. The number of aryl methyl sites for hydroxylation is 2. The molecule has 3 rings (SSSR count). The maximum atomic E-state index is 13.4. The van der Waals surface area contributed by atoms with Crippen LogP contribution in [0.2, 0.25) is 0 Å². The molecule has 3 aromatic carbocycles. The Hall–Kier alpha value is -3.55. The quantitative estimate of drug-likeness (QED) is 0.110. The summed E-state index contributed by atoms with van der Waals surface area (Å²) in [6.07, 6.45) is 3.39. The lowest BCUT2D eigenvalue weighted by Crippen LogP contribution is -2.49. The Balaban J connectivity index is 1.64. The summed E-state index contributed by atoms with van der Waals surface area (Å²) in [6.45, 7) is 0.694. The molecule has 0 aliphatic heterocycles. The van der Waals surface area contributed by atoms with Gasteiger partial charge in [-0.3, -0.25) is 14.8 Å². The van der Waals surface area contributed by atoms with E-state index in [0.29, 0.717) is 30.8 Å². The first-order chi connectivity index (χ1) is 18.0. The Bertz CT molecular complexity index is 1110. The molecule has 0 saturated carbocycles. The molecule has 2 amide bonds. The van der Waals surface area contributed by atoms with Gasteiger partial charge in [0.2, 0.25) is 11.8 Å². The molecule has 194 valence electrons. The van der Waals surface area contributed by atoms with Crippen molar-refractivity contribution in [3.8, 4) is 0 Å². The van der Waals surface area contributed by atoms with Gasteiger partial charge in [0.1, 0.15) is 0 Å². The molecule has 7 heteroatoms. The molecular weight excluding hydrogens is 482 g/mol. The lowest BCUT2D eigenvalue weighted by atomic mass is 9.94. The zero-order valence-corrected chi connectivity index (χ0v) is 21.8. The third-order valence-electron chi connectivity index (χ3n) is 6.25. The second-order valence-electron chi connectivity index (χ2n) is 9.09. The summed E-state index contributed by atoms with van der Waals surface area (Å²) in [5.74, 6) is -1.45. The van der Waals surface area contributed by atoms with Gasteiger partial charge in [-0.25, -0.2) is 5.48 Å². The average molecular weight is 518 g/mol. The van der Waals surface area contributed by atoms with Gasteiger partial charge in [0, 0.05) is 18.9 Å². The second-order valence-corrected chi connectivity index (χ2v) is 9.53. The highest BCUT2D eigenvalue weighted by Crippen LogP contribution is 2.15. The molecule has 37 heavy (non-hydrogen) atoms. The second kappa shape index (κ2) is 15.5. The van der Waals surface area contributed by atoms with E-state index in [1.807, 2.05) is 78.9 Å². The molecule has 0 aliphatic rings. The van der Waals surface area contributed by atoms with Crippen LogP contribution in [0.15, 0.2) is 91.0 Å². The molecule has 0 unspecified atom stereocenters. The molecule has 0 radical (unpaired) electrons. The number of amides is 2. The Kier molecular flexibility index (Phi) is 11.8. The van der Waals surface area contributed by atoms with Gasteiger partial charge in [-0.05, 0) is 48.8 Å². The minimum absolute atomic E-state index is 0.107. The Morgan fingerprint density at radius 2 is 1.32 bits per heavy atom. The zero-order valence-electron chi connectivity index (χ0n) is 20.9. The van der Waals surface area contributed by atoms with Gasteiger partial charge >= 0.3 is 0 Å². The summed E-state index contributed by atoms with van der Waals surface area (Å²) in [5, 5.41) is 15.5. The summed E-state index contributed by atoms with van der Waals surface area (Å²) in [7, 11) is 0. The molecule has 6 nitrogen and oxygen atoms in total. The van der Waals surface area contributed by atoms with Crippen molar-refractivity contribution >= 4 is 29.0 Å². The van der Waals surface area contributed by atoms with Crippen LogP contribution in [0.5, 0.6) is 0 Å². The smallest absolute Gasteiger partial charge is 0.244 e. The number of hydroxylamine groups is 1. The number of rotatable bonds is 14. The van der Waals surface area contributed by atoms with Gasteiger partial charge in [0.05, 0.1) is 11.0 Å². The fourth-order valence-corrected chi connectivity index (χ4v) is 4.45. The van der Waals surface area contributed by atoms with Crippen molar-refractivity contribution < 1.29 is 14.8 Å². The molecule has 0 aliphatic carbocycles. The SMILES string of the molecule is O=C(C[C@@H](CCc1ccccc1)C(=O)N[C@@H](Cc1ccccc1)C(=S)NCCCc1ccccc1)NO. The van der Waals surface area contributed by atoms with Crippen molar-refractivity contribution in [1.29, 1.82) is 0 Å². The number of benzene rings is 3. The van der Waals surface area contributed by atoms with Gasteiger partial charge in [-0.2, -0.15) is 0 Å². The van der Waals surface area contributed by atoms with Crippen molar-refractivity contribution in [3.63, 3.8) is 0 Å². The first kappa shape index (κ1) is 28.0. The molecular formula is C30H35N3O3S. The van der Waals surface area contributed by atoms with Crippen molar-refractivity contribution in [2.45, 2.75) is 44.6 Å². The van der Waals surface area contributed by atoms with Crippen LogP contribution in [0.25, 0.3) is 0 Å². The predicted molar refractivity (Wildman–Crippen MR) is 150 cm³/mol. The summed E-state index contributed by atoms with van der Waals surface area (Å²) < 4.78 is 0. The van der Waals surface area contributed by atoms with E-state index >= 15 is 0 Å². The van der Waals surface area contributed by atoms with Crippen molar-refractivity contribution in [1.82, 2.24) is 16.1 Å². The molecule has 0 bridgehead atoms. The maximum Gasteiger partial charge on any atom is 0.244 e. The van der Waals surface area contributed by atoms with Crippen LogP contribution >= 0.6 is 12.2 Å². The molecule has 0 heterocycles. The van der Waals surface area contributed by atoms with Crippen molar-refractivity contribution in [3.05, 3.63) is 108 Å². The van der Waals surface area contributed by atoms with E-state index in [-0.39, 0.29) is 12.3 Å². The Morgan fingerprint density at radius 1 is 0.784 bits per heavy atom. The molecule has 0 fully saturated rings. The fourth-order valence-electron chi connectivity index (χ4n) is 4.20. The standard InChI is InChI=1S/C30H35N3O3S/c34-28(33-36)22-26(19-18-24-13-6-2-7-14-24)29(35)32-27(21-25-15-8-3-9-16-25)30(37)31-20-10-17-23-11-4-1-5-12-23/h1-9,11-16,26-27,36H,10,17-22H2,(H,31,37)(H,32,35)(H,33,34)/t26-,27+/m1/s1. The first-order valence-corrected chi connectivity index (χ1v) is 13.1. The molecule has 0 aromatic heterocycles. The lowest BCUT2D eigenvalue weighted by Gasteiger charge is -2.24. The highest BCUT2D eigenvalue weighted by Gasteiger charge is 2.26. The van der Waals surface area contributed by atoms with Crippen LogP contribution in [0.3, 0.4) is 0 Å². The third-order valence-corrected chi connectivity index (χ3v) is 6.68. The van der Waals surface area contributed by atoms with E-state index in [9.17, 15) is 9.59 Å². The van der Waals surface area contributed by atoms with Crippen LogP contribution in [0, 0.1) is 5.92 Å². The van der Waals surface area contributed by atoms with Gasteiger partial charge < -0.3 is 10.6 Å². The molecule has 2 atom stereocenters. The third kappa shape index (κ3) is 10.1. The number of carbonyl (C=O) groups is 2. The zero-order chi connectivity index (χ0) is 26.3. The monoisotopic (exact) mass is 517 g/mol. The highest BCUT2D eigenvalue weighted by molar-refractivity contribution is 7.80. The highest BCUT2D eigenvalue weighted by atomic mass is 32.1. The van der Waals surface area contributed by atoms with Crippen LogP contribution < -0.4 is 16.1 Å². The summed E-state index contributed by atoms with van der Waals surface area (Å²) in [4.78, 5) is 25.9. The lowest BCUT2D eigenvalue weighted by molar-refractivity contribution is -0.135.